The monoisotopic (exact) mass is 379 g/mol. The minimum absolute atomic E-state index is 0.0826. The van der Waals surface area contributed by atoms with Crippen molar-refractivity contribution in [3.8, 4) is 0 Å². The maximum absolute atomic E-state index is 12.5. The molecule has 2 rings (SSSR count). The summed E-state index contributed by atoms with van der Waals surface area (Å²) in [6.45, 7) is 5.57. The van der Waals surface area contributed by atoms with Crippen molar-refractivity contribution in [3.63, 3.8) is 0 Å². The number of benzene rings is 1. The first-order valence-electron chi connectivity index (χ1n) is 9.23. The Kier molecular flexibility index (Phi) is 7.53. The van der Waals surface area contributed by atoms with E-state index >= 15 is 0 Å². The Labute approximate surface area is 159 Å². The molecule has 0 saturated heterocycles. The number of amides is 1. The van der Waals surface area contributed by atoms with Crippen molar-refractivity contribution in [3.05, 3.63) is 29.8 Å². The topological polar surface area (TPSA) is 78.5 Å². The van der Waals surface area contributed by atoms with Crippen molar-refractivity contribution in [2.75, 3.05) is 12.3 Å². The van der Waals surface area contributed by atoms with Gasteiger partial charge in [-0.1, -0.05) is 25.0 Å². The number of hydrogen-bond donors (Lipinski definition) is 1. The standard InChI is InChI=1S/C20H29NO4S/c1-20(2,3)25-19(23)21-12-11-18(22)16-9-6-10-17(13-16)26(24)14-15-7-4-5-8-15/h6,9-10,13,15H,4-5,7-8,11-12,14H2,1-3H3,(H,21,23). The maximum Gasteiger partial charge on any atom is 0.407 e. The predicted octanol–water partition coefficient (Wildman–Crippen LogP) is 4.08. The molecule has 0 aliphatic heterocycles. The van der Waals surface area contributed by atoms with E-state index in [9.17, 15) is 14.1 Å². The van der Waals surface area contributed by atoms with E-state index in [-0.39, 0.29) is 18.7 Å². The zero-order valence-electron chi connectivity index (χ0n) is 15.9. The Morgan fingerprint density at radius 3 is 2.62 bits per heavy atom. The summed E-state index contributed by atoms with van der Waals surface area (Å²) in [6, 6.07) is 7.05. The van der Waals surface area contributed by atoms with Gasteiger partial charge in [-0.3, -0.25) is 4.79 Å². The number of hydrogen-bond acceptors (Lipinski definition) is 4. The second-order valence-corrected chi connectivity index (χ2v) is 9.29. The van der Waals surface area contributed by atoms with E-state index in [0.29, 0.717) is 22.1 Å². The number of ether oxygens (including phenoxy) is 1. The summed E-state index contributed by atoms with van der Waals surface area (Å²) in [4.78, 5) is 24.7. The number of rotatable bonds is 7. The van der Waals surface area contributed by atoms with Gasteiger partial charge in [0, 0.05) is 30.5 Å². The van der Waals surface area contributed by atoms with Gasteiger partial charge < -0.3 is 14.6 Å². The minimum atomic E-state index is -1.07. The van der Waals surface area contributed by atoms with Crippen molar-refractivity contribution >= 4 is 23.1 Å². The number of carbonyl (C=O) groups is 2. The number of Topliss-reactive ketones (excluding diaryl/α,β-unsaturated/α-hetero) is 1. The lowest BCUT2D eigenvalue weighted by molar-refractivity contribution is 0.0527. The molecule has 1 aliphatic carbocycles. The Balaban J connectivity index is 1.84. The van der Waals surface area contributed by atoms with Crippen molar-refractivity contribution in [1.29, 1.82) is 0 Å². The molecule has 26 heavy (non-hydrogen) atoms. The van der Waals surface area contributed by atoms with E-state index in [1.807, 2.05) is 6.07 Å². The summed E-state index contributed by atoms with van der Waals surface area (Å²) < 4.78 is 17.7. The number of carbonyl (C=O) groups excluding carboxylic acids is 2. The van der Waals surface area contributed by atoms with Crippen LogP contribution in [0.25, 0.3) is 0 Å². The molecule has 1 saturated carbocycles. The van der Waals surface area contributed by atoms with E-state index in [2.05, 4.69) is 5.32 Å². The normalized spacial score (nSPS) is 16.3. The highest BCUT2D eigenvalue weighted by Crippen LogP contribution is 2.28. The van der Waals surface area contributed by atoms with Gasteiger partial charge in [0.25, 0.3) is 0 Å². The van der Waals surface area contributed by atoms with Gasteiger partial charge in [-0.25, -0.2) is 4.79 Å². The fraction of sp³-hybridized carbons (Fsp3) is 0.600. The molecule has 0 radical (unpaired) electrons. The van der Waals surface area contributed by atoms with Gasteiger partial charge in [-0.05, 0) is 50.9 Å². The SMILES string of the molecule is CC(C)(C)OC(=O)NCCC(=O)c1cccc([S+]([O-])CC2CCCC2)c1. The van der Waals surface area contributed by atoms with Crippen LogP contribution in [0.2, 0.25) is 0 Å². The summed E-state index contributed by atoms with van der Waals surface area (Å²) in [7, 11) is 0. The third-order valence-electron chi connectivity index (χ3n) is 4.30. The van der Waals surface area contributed by atoms with Crippen molar-refractivity contribution in [2.45, 2.75) is 63.4 Å². The first kappa shape index (κ1) is 20.8. The molecule has 0 heterocycles. The fourth-order valence-electron chi connectivity index (χ4n) is 3.04. The molecule has 6 heteroatoms. The quantitative estimate of drug-likeness (QED) is 0.572. The molecule has 144 valence electrons. The van der Waals surface area contributed by atoms with Crippen LogP contribution in [0.1, 0.15) is 63.2 Å². The molecule has 1 amide bonds. The fourth-order valence-corrected chi connectivity index (χ4v) is 4.48. The largest absolute Gasteiger partial charge is 0.611 e. The number of nitrogens with one attached hydrogen (secondary N) is 1. The van der Waals surface area contributed by atoms with E-state index in [0.717, 1.165) is 12.8 Å². The van der Waals surface area contributed by atoms with E-state index in [1.165, 1.54) is 12.8 Å². The first-order valence-corrected chi connectivity index (χ1v) is 10.5. The van der Waals surface area contributed by atoms with Crippen LogP contribution in [0, 0.1) is 5.92 Å². The van der Waals surface area contributed by atoms with Gasteiger partial charge in [0.1, 0.15) is 11.4 Å². The molecule has 0 spiro atoms. The second-order valence-electron chi connectivity index (χ2n) is 7.79. The number of alkyl carbamates (subject to hydrolysis) is 1. The predicted molar refractivity (Wildman–Crippen MR) is 103 cm³/mol. The van der Waals surface area contributed by atoms with Crippen LogP contribution in [0.4, 0.5) is 4.79 Å². The average Bonchev–Trinajstić information content (AvgIpc) is 3.06. The zero-order valence-corrected chi connectivity index (χ0v) is 16.7. The lowest BCUT2D eigenvalue weighted by Crippen LogP contribution is -2.33. The highest BCUT2D eigenvalue weighted by molar-refractivity contribution is 7.91. The Morgan fingerprint density at radius 1 is 1.27 bits per heavy atom. The van der Waals surface area contributed by atoms with Crippen LogP contribution >= 0.6 is 0 Å². The summed E-state index contributed by atoms with van der Waals surface area (Å²) in [6.07, 6.45) is 4.41. The van der Waals surface area contributed by atoms with Crippen LogP contribution in [0.5, 0.6) is 0 Å². The van der Waals surface area contributed by atoms with Crippen molar-refractivity contribution in [2.24, 2.45) is 5.92 Å². The van der Waals surface area contributed by atoms with E-state index in [1.54, 1.807) is 39.0 Å². The van der Waals surface area contributed by atoms with Crippen LogP contribution in [0.15, 0.2) is 29.2 Å². The molecule has 1 aliphatic rings. The molecular weight excluding hydrogens is 350 g/mol. The Hall–Kier alpha value is -1.53. The van der Waals surface area contributed by atoms with E-state index in [4.69, 9.17) is 4.74 Å². The van der Waals surface area contributed by atoms with Gasteiger partial charge in [-0.2, -0.15) is 0 Å². The molecule has 0 bridgehead atoms. The van der Waals surface area contributed by atoms with Gasteiger partial charge in [0.2, 0.25) is 0 Å². The molecule has 1 atom stereocenters. The lowest BCUT2D eigenvalue weighted by atomic mass is 10.1. The lowest BCUT2D eigenvalue weighted by Gasteiger charge is -2.19. The molecule has 1 fully saturated rings. The highest BCUT2D eigenvalue weighted by Gasteiger charge is 2.23. The van der Waals surface area contributed by atoms with Crippen LogP contribution in [-0.4, -0.2) is 34.3 Å². The average molecular weight is 380 g/mol. The van der Waals surface area contributed by atoms with Crippen LogP contribution in [-0.2, 0) is 15.9 Å². The Morgan fingerprint density at radius 2 is 1.96 bits per heavy atom. The minimum Gasteiger partial charge on any atom is -0.611 e. The third-order valence-corrected chi connectivity index (χ3v) is 5.85. The van der Waals surface area contributed by atoms with Crippen molar-refractivity contribution in [1.82, 2.24) is 5.32 Å². The van der Waals surface area contributed by atoms with Gasteiger partial charge in [0.05, 0.1) is 0 Å². The Bertz CT molecular complexity index is 620. The van der Waals surface area contributed by atoms with Crippen LogP contribution < -0.4 is 5.32 Å². The van der Waals surface area contributed by atoms with E-state index < -0.39 is 22.9 Å². The van der Waals surface area contributed by atoms with Gasteiger partial charge >= 0.3 is 6.09 Å². The molecule has 1 aromatic rings. The van der Waals surface area contributed by atoms with Gasteiger partial charge in [0.15, 0.2) is 10.7 Å². The summed E-state index contributed by atoms with van der Waals surface area (Å²) in [5.74, 6) is 1.13. The molecule has 5 nitrogen and oxygen atoms in total. The first-order chi connectivity index (χ1) is 12.2. The molecule has 0 aromatic heterocycles. The smallest absolute Gasteiger partial charge is 0.407 e. The van der Waals surface area contributed by atoms with Gasteiger partial charge in [-0.15, -0.1) is 0 Å². The summed E-state index contributed by atoms with van der Waals surface area (Å²) in [5.41, 5.74) is -0.0283. The zero-order chi connectivity index (χ0) is 19.2. The summed E-state index contributed by atoms with van der Waals surface area (Å²) in [5, 5.41) is 2.58. The molecule has 1 unspecified atom stereocenters. The highest BCUT2D eigenvalue weighted by atomic mass is 32.2. The maximum atomic E-state index is 12.5. The van der Waals surface area contributed by atoms with Crippen molar-refractivity contribution < 1.29 is 18.9 Å². The number of ketones is 1. The summed E-state index contributed by atoms with van der Waals surface area (Å²) >= 11 is -1.07. The third kappa shape index (κ3) is 7.00. The molecular formula is C20H29NO4S. The molecule has 1 N–H and O–H groups in total. The second kappa shape index (κ2) is 9.42. The van der Waals surface area contributed by atoms with Crippen LogP contribution in [0.3, 0.4) is 0 Å². The molecule has 1 aromatic carbocycles.